The molecule has 1 saturated carbocycles. The SMILES string of the molecule is Cc1nc2ccccc2nc1-c1cc2nc(N3CCCC3)cc(N[C@H]3CC[C@@](C)(O)CC3)n2n1. The molecule has 0 atom stereocenters. The first-order valence-electron chi connectivity index (χ1n) is 12.3. The van der Waals surface area contributed by atoms with E-state index in [2.05, 4.69) is 16.3 Å². The van der Waals surface area contributed by atoms with Crippen molar-refractivity contribution in [2.24, 2.45) is 0 Å². The molecule has 0 radical (unpaired) electrons. The van der Waals surface area contributed by atoms with E-state index in [0.29, 0.717) is 6.04 Å². The Labute approximate surface area is 199 Å². The summed E-state index contributed by atoms with van der Waals surface area (Å²) in [7, 11) is 0. The van der Waals surface area contributed by atoms with Crippen molar-refractivity contribution in [3.8, 4) is 11.4 Å². The lowest BCUT2D eigenvalue weighted by Gasteiger charge is -2.34. The summed E-state index contributed by atoms with van der Waals surface area (Å²) in [5.74, 6) is 1.93. The zero-order valence-corrected chi connectivity index (χ0v) is 19.8. The van der Waals surface area contributed by atoms with Crippen molar-refractivity contribution < 1.29 is 5.11 Å². The van der Waals surface area contributed by atoms with Crippen LogP contribution in [0.15, 0.2) is 36.4 Å². The minimum Gasteiger partial charge on any atom is -0.390 e. The number of aliphatic hydroxyl groups is 1. The number of hydrogen-bond acceptors (Lipinski definition) is 7. The molecule has 4 aromatic rings. The maximum absolute atomic E-state index is 10.4. The molecule has 3 aromatic heterocycles. The maximum Gasteiger partial charge on any atom is 0.160 e. The van der Waals surface area contributed by atoms with Gasteiger partial charge in [0.15, 0.2) is 5.65 Å². The molecule has 0 amide bonds. The lowest BCUT2D eigenvalue weighted by Crippen LogP contribution is -2.36. The number of aryl methyl sites for hydroxylation is 1. The van der Waals surface area contributed by atoms with Crippen LogP contribution in [0.2, 0.25) is 0 Å². The minimum atomic E-state index is -0.558. The molecule has 34 heavy (non-hydrogen) atoms. The van der Waals surface area contributed by atoms with Gasteiger partial charge >= 0.3 is 0 Å². The number of hydrogen-bond donors (Lipinski definition) is 2. The van der Waals surface area contributed by atoms with Gasteiger partial charge in [-0.3, -0.25) is 0 Å². The number of fused-ring (bicyclic) bond motifs is 2. The average Bonchev–Trinajstić information content (AvgIpc) is 3.50. The highest BCUT2D eigenvalue weighted by Gasteiger charge is 2.29. The first-order chi connectivity index (χ1) is 16.4. The Hall–Kier alpha value is -3.26. The van der Waals surface area contributed by atoms with Gasteiger partial charge in [-0.05, 0) is 64.5 Å². The molecular weight excluding hydrogens is 426 g/mol. The van der Waals surface area contributed by atoms with Crippen molar-refractivity contribution in [3.05, 3.63) is 42.1 Å². The second kappa shape index (κ2) is 8.20. The lowest BCUT2D eigenvalue weighted by atomic mass is 9.84. The highest BCUT2D eigenvalue weighted by molar-refractivity contribution is 5.78. The summed E-state index contributed by atoms with van der Waals surface area (Å²) in [6, 6.07) is 12.4. The smallest absolute Gasteiger partial charge is 0.160 e. The maximum atomic E-state index is 10.4. The van der Waals surface area contributed by atoms with Gasteiger partial charge in [0.2, 0.25) is 0 Å². The summed E-state index contributed by atoms with van der Waals surface area (Å²) >= 11 is 0. The molecule has 2 aliphatic rings. The Morgan fingerprint density at radius 1 is 1.00 bits per heavy atom. The summed E-state index contributed by atoms with van der Waals surface area (Å²) < 4.78 is 1.90. The quantitative estimate of drug-likeness (QED) is 0.471. The van der Waals surface area contributed by atoms with Crippen LogP contribution < -0.4 is 10.2 Å². The van der Waals surface area contributed by atoms with Crippen molar-refractivity contribution >= 4 is 28.3 Å². The zero-order chi connectivity index (χ0) is 23.3. The number of anilines is 2. The van der Waals surface area contributed by atoms with Gasteiger partial charge in [0, 0.05) is 31.3 Å². The fraction of sp³-hybridized carbons (Fsp3) is 0.462. The summed E-state index contributed by atoms with van der Waals surface area (Å²) in [5, 5.41) is 19.0. The molecule has 1 saturated heterocycles. The first-order valence-corrected chi connectivity index (χ1v) is 12.3. The molecule has 1 aromatic carbocycles. The molecule has 8 heteroatoms. The third-order valence-electron chi connectivity index (χ3n) is 7.25. The van der Waals surface area contributed by atoms with Crippen LogP contribution >= 0.6 is 0 Å². The van der Waals surface area contributed by atoms with Crippen molar-refractivity contribution in [1.29, 1.82) is 0 Å². The van der Waals surface area contributed by atoms with Crippen molar-refractivity contribution in [2.75, 3.05) is 23.3 Å². The highest BCUT2D eigenvalue weighted by atomic mass is 16.3. The monoisotopic (exact) mass is 457 g/mol. The summed E-state index contributed by atoms with van der Waals surface area (Å²) in [5.41, 5.74) is 4.40. The molecule has 6 rings (SSSR count). The number of aromatic nitrogens is 5. The van der Waals surface area contributed by atoms with E-state index in [4.69, 9.17) is 20.1 Å². The predicted octanol–water partition coefficient (Wildman–Crippen LogP) is 4.35. The Morgan fingerprint density at radius 2 is 1.71 bits per heavy atom. The zero-order valence-electron chi connectivity index (χ0n) is 19.8. The third kappa shape index (κ3) is 3.96. The Morgan fingerprint density at radius 3 is 2.44 bits per heavy atom. The fourth-order valence-electron chi connectivity index (χ4n) is 5.21. The minimum absolute atomic E-state index is 0.298. The third-order valence-corrected chi connectivity index (χ3v) is 7.25. The molecule has 2 fully saturated rings. The van der Waals surface area contributed by atoms with E-state index in [-0.39, 0.29) is 0 Å². The van der Waals surface area contributed by atoms with Gasteiger partial charge in [-0.2, -0.15) is 9.61 Å². The van der Waals surface area contributed by atoms with E-state index in [1.807, 2.05) is 48.7 Å². The van der Waals surface area contributed by atoms with E-state index in [0.717, 1.165) is 84.2 Å². The molecule has 176 valence electrons. The number of para-hydroxylation sites is 2. The van der Waals surface area contributed by atoms with E-state index >= 15 is 0 Å². The van der Waals surface area contributed by atoms with Crippen LogP contribution in [0.1, 0.15) is 51.1 Å². The molecular formula is C26H31N7O. The summed E-state index contributed by atoms with van der Waals surface area (Å²) in [6.45, 7) is 5.98. The van der Waals surface area contributed by atoms with Crippen LogP contribution in [-0.2, 0) is 0 Å². The molecule has 1 aliphatic heterocycles. The number of nitrogens with zero attached hydrogens (tertiary/aromatic N) is 6. The molecule has 2 N–H and O–H groups in total. The van der Waals surface area contributed by atoms with Gasteiger partial charge in [0.1, 0.15) is 23.0 Å². The van der Waals surface area contributed by atoms with Crippen LogP contribution in [0.3, 0.4) is 0 Å². The van der Waals surface area contributed by atoms with Crippen LogP contribution in [0.4, 0.5) is 11.6 Å². The second-order valence-electron chi connectivity index (χ2n) is 10.1. The van der Waals surface area contributed by atoms with Gasteiger partial charge in [0.05, 0.1) is 22.3 Å². The summed E-state index contributed by atoms with van der Waals surface area (Å²) in [4.78, 5) is 17.0. The number of rotatable bonds is 4. The Balaban J connectivity index is 1.42. The molecule has 4 heterocycles. The number of benzene rings is 1. The van der Waals surface area contributed by atoms with Crippen LogP contribution in [-0.4, -0.2) is 54.4 Å². The topological polar surface area (TPSA) is 91.5 Å². The normalized spacial score (nSPS) is 23.1. The van der Waals surface area contributed by atoms with Crippen LogP contribution in [0, 0.1) is 6.92 Å². The first kappa shape index (κ1) is 21.3. The van der Waals surface area contributed by atoms with Gasteiger partial charge in [-0.25, -0.2) is 15.0 Å². The van der Waals surface area contributed by atoms with E-state index in [1.54, 1.807) is 0 Å². The Kier molecular flexibility index (Phi) is 5.13. The van der Waals surface area contributed by atoms with E-state index in [9.17, 15) is 5.11 Å². The fourth-order valence-corrected chi connectivity index (χ4v) is 5.21. The van der Waals surface area contributed by atoms with E-state index in [1.165, 1.54) is 12.8 Å². The van der Waals surface area contributed by atoms with Crippen LogP contribution in [0.25, 0.3) is 28.1 Å². The number of nitrogens with one attached hydrogen (secondary N) is 1. The molecule has 1 aliphatic carbocycles. The van der Waals surface area contributed by atoms with E-state index < -0.39 is 5.60 Å². The molecule has 0 bridgehead atoms. The van der Waals surface area contributed by atoms with Crippen LogP contribution in [0.5, 0.6) is 0 Å². The molecule has 8 nitrogen and oxygen atoms in total. The van der Waals surface area contributed by atoms with Crippen molar-refractivity contribution in [2.45, 2.75) is 64.0 Å². The standard InChI is InChI=1S/C26H31N7O/c1-17-25(29-20-8-4-3-7-19(20)27-17)21-15-23-30-22(32-13-5-6-14-32)16-24(33(23)31-21)28-18-9-11-26(2,34)12-10-18/h3-4,7-8,15-16,18,28,34H,5-6,9-14H2,1-2H3/t18-,26+. The average molecular weight is 458 g/mol. The van der Waals surface area contributed by atoms with Crippen molar-refractivity contribution in [1.82, 2.24) is 24.6 Å². The van der Waals surface area contributed by atoms with Gasteiger partial charge < -0.3 is 15.3 Å². The molecule has 0 unspecified atom stereocenters. The lowest BCUT2D eigenvalue weighted by molar-refractivity contribution is 0.0196. The second-order valence-corrected chi connectivity index (χ2v) is 10.1. The molecule has 0 spiro atoms. The largest absolute Gasteiger partial charge is 0.390 e. The predicted molar refractivity (Wildman–Crippen MR) is 134 cm³/mol. The summed E-state index contributed by atoms with van der Waals surface area (Å²) in [6.07, 6.45) is 5.86. The van der Waals surface area contributed by atoms with Gasteiger partial charge in [-0.1, -0.05) is 12.1 Å². The van der Waals surface area contributed by atoms with Gasteiger partial charge in [0.25, 0.3) is 0 Å². The highest BCUT2D eigenvalue weighted by Crippen LogP contribution is 2.32. The van der Waals surface area contributed by atoms with Crippen molar-refractivity contribution in [3.63, 3.8) is 0 Å². The van der Waals surface area contributed by atoms with Gasteiger partial charge in [-0.15, -0.1) is 0 Å². The Bertz CT molecular complexity index is 1350.